The SMILES string of the molecule is CCCCN1CCN(c2ccccc2C2=CC(C)(C)CC(C)(C)C2)CC1.Cl. The Kier molecular flexibility index (Phi) is 7.44. The summed E-state index contributed by atoms with van der Waals surface area (Å²) in [6, 6.07) is 9.11. The van der Waals surface area contributed by atoms with Gasteiger partial charge < -0.3 is 4.90 Å². The smallest absolute Gasteiger partial charge is 0.0443 e. The Morgan fingerprint density at radius 3 is 2.26 bits per heavy atom. The Balaban J connectivity index is 0.00000261. The number of rotatable bonds is 5. The maximum Gasteiger partial charge on any atom is 0.0443 e. The second-order valence-corrected chi connectivity index (χ2v) is 9.88. The first-order valence-corrected chi connectivity index (χ1v) is 10.6. The van der Waals surface area contributed by atoms with Crippen molar-refractivity contribution in [2.75, 3.05) is 37.6 Å². The minimum Gasteiger partial charge on any atom is -0.368 e. The monoisotopic (exact) mass is 390 g/mol. The second-order valence-electron chi connectivity index (χ2n) is 9.88. The number of nitrogens with zero attached hydrogens (tertiary/aromatic N) is 2. The van der Waals surface area contributed by atoms with Gasteiger partial charge in [0.25, 0.3) is 0 Å². The van der Waals surface area contributed by atoms with E-state index in [0.717, 1.165) is 13.1 Å². The number of unbranched alkanes of at least 4 members (excludes halogenated alkanes) is 1. The van der Waals surface area contributed by atoms with Gasteiger partial charge >= 0.3 is 0 Å². The van der Waals surface area contributed by atoms with E-state index >= 15 is 0 Å². The molecule has 1 fully saturated rings. The van der Waals surface area contributed by atoms with E-state index in [2.05, 4.69) is 74.8 Å². The van der Waals surface area contributed by atoms with E-state index < -0.39 is 0 Å². The Morgan fingerprint density at radius 1 is 0.963 bits per heavy atom. The first-order chi connectivity index (χ1) is 12.3. The molecule has 0 N–H and O–H groups in total. The standard InChI is InChI=1S/C24H38N2.ClH/c1-6-7-12-25-13-15-26(16-14-25)22-11-9-8-10-21(22)20-17-23(2,3)19-24(4,5)18-20;/h8-11,17H,6-7,12-16,18-19H2,1-5H3;1H. The Morgan fingerprint density at radius 2 is 1.63 bits per heavy atom. The number of para-hydroxylation sites is 1. The summed E-state index contributed by atoms with van der Waals surface area (Å²) in [4.78, 5) is 5.25. The summed E-state index contributed by atoms with van der Waals surface area (Å²) in [7, 11) is 0. The van der Waals surface area contributed by atoms with Gasteiger partial charge in [0.15, 0.2) is 0 Å². The molecule has 0 radical (unpaired) electrons. The van der Waals surface area contributed by atoms with Gasteiger partial charge in [0.1, 0.15) is 0 Å². The van der Waals surface area contributed by atoms with E-state index in [1.165, 1.54) is 56.6 Å². The molecule has 1 aliphatic carbocycles. The molecule has 0 saturated carbocycles. The van der Waals surface area contributed by atoms with E-state index in [1.807, 2.05) is 0 Å². The average Bonchev–Trinajstić information content (AvgIpc) is 2.58. The van der Waals surface area contributed by atoms with Crippen LogP contribution >= 0.6 is 12.4 Å². The highest BCUT2D eigenvalue weighted by molar-refractivity contribution is 5.85. The number of halogens is 1. The summed E-state index contributed by atoms with van der Waals surface area (Å²) < 4.78 is 0. The molecule has 0 aromatic heterocycles. The fourth-order valence-electron chi connectivity index (χ4n) is 5.17. The van der Waals surface area contributed by atoms with Crippen LogP contribution < -0.4 is 4.90 Å². The van der Waals surface area contributed by atoms with E-state index in [1.54, 1.807) is 5.57 Å². The molecule has 152 valence electrons. The van der Waals surface area contributed by atoms with Crippen molar-refractivity contribution in [2.24, 2.45) is 10.8 Å². The summed E-state index contributed by atoms with van der Waals surface area (Å²) >= 11 is 0. The summed E-state index contributed by atoms with van der Waals surface area (Å²) in [5, 5.41) is 0. The third kappa shape index (κ3) is 5.74. The highest BCUT2D eigenvalue weighted by Gasteiger charge is 2.34. The molecule has 0 unspecified atom stereocenters. The van der Waals surface area contributed by atoms with E-state index in [0.29, 0.717) is 5.41 Å². The van der Waals surface area contributed by atoms with Crippen LogP contribution in [0.4, 0.5) is 5.69 Å². The van der Waals surface area contributed by atoms with E-state index in [9.17, 15) is 0 Å². The van der Waals surface area contributed by atoms with Gasteiger partial charge in [0.05, 0.1) is 0 Å². The zero-order chi connectivity index (χ0) is 18.8. The van der Waals surface area contributed by atoms with Crippen molar-refractivity contribution in [3.63, 3.8) is 0 Å². The fourth-order valence-corrected chi connectivity index (χ4v) is 5.17. The quantitative estimate of drug-likeness (QED) is 0.585. The van der Waals surface area contributed by atoms with Gasteiger partial charge in [0.2, 0.25) is 0 Å². The van der Waals surface area contributed by atoms with Crippen LogP contribution in [0.5, 0.6) is 0 Å². The molecule has 1 aliphatic heterocycles. The molecule has 0 spiro atoms. The average molecular weight is 391 g/mol. The second kappa shape index (κ2) is 9.01. The van der Waals surface area contributed by atoms with Crippen LogP contribution in [-0.4, -0.2) is 37.6 Å². The van der Waals surface area contributed by atoms with E-state index in [-0.39, 0.29) is 17.8 Å². The molecule has 0 bridgehead atoms. The third-order valence-electron chi connectivity index (χ3n) is 5.96. The lowest BCUT2D eigenvalue weighted by Crippen LogP contribution is -2.46. The van der Waals surface area contributed by atoms with Crippen LogP contribution in [0.15, 0.2) is 30.3 Å². The van der Waals surface area contributed by atoms with E-state index in [4.69, 9.17) is 0 Å². The predicted octanol–water partition coefficient (Wildman–Crippen LogP) is 6.26. The molecule has 3 rings (SSSR count). The maximum absolute atomic E-state index is 2.63. The number of benzene rings is 1. The van der Waals surface area contributed by atoms with Gasteiger partial charge in [0, 0.05) is 37.4 Å². The molecule has 2 nitrogen and oxygen atoms in total. The fraction of sp³-hybridized carbons (Fsp3) is 0.667. The summed E-state index contributed by atoms with van der Waals surface area (Å²) in [6.07, 6.45) is 7.62. The first-order valence-electron chi connectivity index (χ1n) is 10.6. The topological polar surface area (TPSA) is 6.48 Å². The lowest BCUT2D eigenvalue weighted by Gasteiger charge is -2.41. The van der Waals surface area contributed by atoms with Crippen molar-refractivity contribution < 1.29 is 0 Å². The highest BCUT2D eigenvalue weighted by atomic mass is 35.5. The van der Waals surface area contributed by atoms with Gasteiger partial charge in [-0.3, -0.25) is 4.90 Å². The van der Waals surface area contributed by atoms with Crippen LogP contribution in [0.1, 0.15) is 65.9 Å². The largest absolute Gasteiger partial charge is 0.368 e. The molecule has 0 amide bonds. The maximum atomic E-state index is 2.63. The third-order valence-corrected chi connectivity index (χ3v) is 5.96. The minimum atomic E-state index is 0. The summed E-state index contributed by atoms with van der Waals surface area (Å²) in [6.45, 7) is 17.9. The number of hydrogen-bond acceptors (Lipinski definition) is 2. The van der Waals surface area contributed by atoms with Gasteiger partial charge in [-0.05, 0) is 48.3 Å². The molecule has 2 aliphatic rings. The first kappa shape index (κ1) is 22.3. The zero-order valence-electron chi connectivity index (χ0n) is 18.1. The normalized spacial score (nSPS) is 22.1. The Bertz CT molecular complexity index is 640. The molecular formula is C24H39ClN2. The molecule has 3 heteroatoms. The molecule has 27 heavy (non-hydrogen) atoms. The van der Waals surface area contributed by atoms with Gasteiger partial charge in [-0.1, -0.05) is 65.3 Å². The summed E-state index contributed by atoms with van der Waals surface area (Å²) in [5.41, 5.74) is 5.12. The van der Waals surface area contributed by atoms with Crippen LogP contribution in [0, 0.1) is 10.8 Å². The van der Waals surface area contributed by atoms with Crippen molar-refractivity contribution in [1.82, 2.24) is 4.90 Å². The van der Waals surface area contributed by atoms with Crippen molar-refractivity contribution in [1.29, 1.82) is 0 Å². The molecule has 0 atom stereocenters. The highest BCUT2D eigenvalue weighted by Crippen LogP contribution is 2.48. The molecule has 1 saturated heterocycles. The lowest BCUT2D eigenvalue weighted by atomic mass is 9.65. The van der Waals surface area contributed by atoms with Crippen molar-refractivity contribution in [3.05, 3.63) is 35.9 Å². The van der Waals surface area contributed by atoms with Crippen LogP contribution in [0.3, 0.4) is 0 Å². The number of allylic oxidation sites excluding steroid dienone is 2. The van der Waals surface area contributed by atoms with Gasteiger partial charge in [-0.15, -0.1) is 12.4 Å². The number of anilines is 1. The predicted molar refractivity (Wildman–Crippen MR) is 122 cm³/mol. The van der Waals surface area contributed by atoms with Crippen LogP contribution in [0.25, 0.3) is 5.57 Å². The lowest BCUT2D eigenvalue weighted by molar-refractivity contribution is 0.228. The minimum absolute atomic E-state index is 0. The Labute approximate surface area is 173 Å². The zero-order valence-corrected chi connectivity index (χ0v) is 18.9. The molecular weight excluding hydrogens is 352 g/mol. The number of piperazine rings is 1. The Hall–Kier alpha value is -0.990. The van der Waals surface area contributed by atoms with Crippen LogP contribution in [0.2, 0.25) is 0 Å². The van der Waals surface area contributed by atoms with Crippen molar-refractivity contribution in [2.45, 2.75) is 60.3 Å². The van der Waals surface area contributed by atoms with Gasteiger partial charge in [-0.25, -0.2) is 0 Å². The summed E-state index contributed by atoms with van der Waals surface area (Å²) in [5.74, 6) is 0. The van der Waals surface area contributed by atoms with Crippen molar-refractivity contribution >= 4 is 23.7 Å². The van der Waals surface area contributed by atoms with Crippen LogP contribution in [-0.2, 0) is 0 Å². The molecule has 1 aromatic carbocycles. The number of hydrogen-bond donors (Lipinski definition) is 0. The van der Waals surface area contributed by atoms with Gasteiger partial charge in [-0.2, -0.15) is 0 Å². The molecule has 1 aromatic rings. The van der Waals surface area contributed by atoms with Crippen molar-refractivity contribution in [3.8, 4) is 0 Å². The molecule has 1 heterocycles.